The maximum absolute atomic E-state index is 10.8. The van der Waals surface area contributed by atoms with Gasteiger partial charge in [0.15, 0.2) is 0 Å². The van der Waals surface area contributed by atoms with Gasteiger partial charge >= 0.3 is 17.9 Å². The van der Waals surface area contributed by atoms with E-state index >= 15 is 0 Å². The van der Waals surface area contributed by atoms with Crippen molar-refractivity contribution in [1.82, 2.24) is 0 Å². The lowest BCUT2D eigenvalue weighted by molar-refractivity contribution is -0.139. The van der Waals surface area contributed by atoms with Crippen molar-refractivity contribution >= 4 is 17.9 Å². The first-order chi connectivity index (χ1) is 9.93. The summed E-state index contributed by atoms with van der Waals surface area (Å²) in [6, 6.07) is 0. The van der Waals surface area contributed by atoms with Gasteiger partial charge in [-0.15, -0.1) is 0 Å². The van der Waals surface area contributed by atoms with Gasteiger partial charge in [0.05, 0.1) is 11.1 Å². The number of rotatable bonds is 4. The Bertz CT molecular complexity index is 484. The lowest BCUT2D eigenvalue weighted by Crippen LogP contribution is -2.17. The first-order valence-corrected chi connectivity index (χ1v) is 6.97. The van der Waals surface area contributed by atoms with E-state index in [2.05, 4.69) is 6.58 Å². The summed E-state index contributed by atoms with van der Waals surface area (Å²) < 4.78 is 4.75. The third kappa shape index (κ3) is 3.51. The topological polar surface area (TPSA) is 101 Å². The molecule has 2 atom stereocenters. The van der Waals surface area contributed by atoms with Gasteiger partial charge < -0.3 is 14.9 Å². The molecular weight excluding hydrogens is 276 g/mol. The van der Waals surface area contributed by atoms with Crippen LogP contribution in [0.15, 0.2) is 23.8 Å². The van der Waals surface area contributed by atoms with Gasteiger partial charge in [0, 0.05) is 6.08 Å². The monoisotopic (exact) mass is 294 g/mol. The molecule has 0 aliphatic heterocycles. The minimum atomic E-state index is -1.05. The van der Waals surface area contributed by atoms with Crippen LogP contribution in [0.5, 0.6) is 0 Å². The molecule has 0 heterocycles. The molecule has 2 bridgehead atoms. The molecule has 0 saturated heterocycles. The van der Waals surface area contributed by atoms with Gasteiger partial charge in [-0.1, -0.05) is 6.58 Å². The molecule has 6 nitrogen and oxygen atoms in total. The van der Waals surface area contributed by atoms with Crippen molar-refractivity contribution in [2.75, 3.05) is 0 Å². The van der Waals surface area contributed by atoms with Gasteiger partial charge in [0.2, 0.25) is 0 Å². The Morgan fingerprint density at radius 2 is 1.48 bits per heavy atom. The van der Waals surface area contributed by atoms with Gasteiger partial charge in [0.1, 0.15) is 6.10 Å². The number of carbonyl (C=O) groups excluding carboxylic acids is 1. The molecule has 2 saturated carbocycles. The maximum Gasteiger partial charge on any atom is 0.332 e. The van der Waals surface area contributed by atoms with E-state index in [1.807, 2.05) is 0 Å². The van der Waals surface area contributed by atoms with Crippen LogP contribution in [0.1, 0.15) is 32.1 Å². The van der Waals surface area contributed by atoms with Crippen LogP contribution in [0.3, 0.4) is 0 Å². The molecule has 21 heavy (non-hydrogen) atoms. The molecule has 2 fully saturated rings. The largest absolute Gasteiger partial charge is 0.478 e. The Hall–Kier alpha value is -2.11. The molecule has 3 rings (SSSR count). The van der Waals surface area contributed by atoms with Crippen LogP contribution in [-0.4, -0.2) is 34.2 Å². The summed E-state index contributed by atoms with van der Waals surface area (Å²) in [6.45, 7) is 3.27. The zero-order chi connectivity index (χ0) is 15.6. The average Bonchev–Trinajstić information content (AvgIpc) is 3.01. The van der Waals surface area contributed by atoms with Gasteiger partial charge in [-0.05, 0) is 43.9 Å². The van der Waals surface area contributed by atoms with Crippen LogP contribution in [-0.2, 0) is 19.1 Å². The molecule has 3 aliphatic rings. The van der Waals surface area contributed by atoms with E-state index in [0.29, 0.717) is 0 Å². The van der Waals surface area contributed by atoms with E-state index in [9.17, 15) is 14.4 Å². The summed E-state index contributed by atoms with van der Waals surface area (Å²) in [4.78, 5) is 31.9. The summed E-state index contributed by atoms with van der Waals surface area (Å²) in [5.74, 6) is -2.41. The fourth-order valence-electron chi connectivity index (χ4n) is 2.92. The molecule has 2 N–H and O–H groups in total. The van der Waals surface area contributed by atoms with Crippen molar-refractivity contribution in [3.63, 3.8) is 0 Å². The summed E-state index contributed by atoms with van der Waals surface area (Å²) in [7, 11) is 0. The summed E-state index contributed by atoms with van der Waals surface area (Å²) >= 11 is 0. The molecule has 114 valence electrons. The highest BCUT2D eigenvalue weighted by molar-refractivity contribution is 6.01. The first-order valence-electron chi connectivity index (χ1n) is 6.97. The van der Waals surface area contributed by atoms with Gasteiger partial charge in [-0.3, -0.25) is 0 Å². The normalized spacial score (nSPS) is 25.9. The standard InChI is InChI=1S/C9H10O4.C6H8O2/c10-8(11)6-4-1-2-5(3-4)7(6)9(12)13;1-2-6(7)8-5-3-4-5/h4-5H,1-3H2,(H,10,11)(H,12,13);2,5H,1,3-4H2. The molecule has 3 aliphatic carbocycles. The Morgan fingerprint density at radius 3 is 1.81 bits per heavy atom. The van der Waals surface area contributed by atoms with Crippen LogP contribution in [0.4, 0.5) is 0 Å². The maximum atomic E-state index is 10.8. The quantitative estimate of drug-likeness (QED) is 0.605. The fourth-order valence-corrected chi connectivity index (χ4v) is 2.92. The summed E-state index contributed by atoms with van der Waals surface area (Å²) in [6.07, 6.45) is 5.85. The lowest BCUT2D eigenvalue weighted by atomic mass is 9.92. The van der Waals surface area contributed by atoms with E-state index in [0.717, 1.165) is 32.1 Å². The number of fused-ring (bicyclic) bond motifs is 2. The third-order valence-corrected chi connectivity index (χ3v) is 3.97. The van der Waals surface area contributed by atoms with E-state index in [1.165, 1.54) is 6.08 Å². The molecule has 0 aromatic rings. The second-order valence-electron chi connectivity index (χ2n) is 5.48. The van der Waals surface area contributed by atoms with E-state index in [1.54, 1.807) is 0 Å². The van der Waals surface area contributed by atoms with Gasteiger partial charge in [-0.25, -0.2) is 14.4 Å². The SMILES string of the molecule is C=CC(=O)OC1CC1.O=C(O)C1=C(C(=O)O)C2CCC1C2. The number of carbonyl (C=O) groups is 3. The number of hydrogen-bond acceptors (Lipinski definition) is 4. The van der Waals surface area contributed by atoms with Gasteiger partial charge in [0.25, 0.3) is 0 Å². The van der Waals surface area contributed by atoms with Crippen molar-refractivity contribution in [2.24, 2.45) is 11.8 Å². The third-order valence-electron chi connectivity index (χ3n) is 3.97. The number of ether oxygens (including phenoxy) is 1. The summed E-state index contributed by atoms with van der Waals surface area (Å²) in [5.41, 5.74) is 0.313. The Balaban J connectivity index is 0.000000173. The number of carboxylic acid groups (broad SMARTS) is 2. The lowest BCUT2D eigenvalue weighted by Gasteiger charge is -2.12. The smallest absolute Gasteiger partial charge is 0.332 e. The van der Waals surface area contributed by atoms with Crippen LogP contribution in [0.25, 0.3) is 0 Å². The minimum absolute atomic E-state index is 0.00593. The zero-order valence-electron chi connectivity index (χ0n) is 11.6. The highest BCUT2D eigenvalue weighted by Gasteiger charge is 2.44. The molecule has 0 aromatic carbocycles. The molecule has 0 radical (unpaired) electrons. The Kier molecular flexibility index (Phi) is 4.45. The number of carboxylic acids is 2. The zero-order valence-corrected chi connectivity index (χ0v) is 11.6. The number of aliphatic carboxylic acids is 2. The van der Waals surface area contributed by atoms with Crippen molar-refractivity contribution in [3.8, 4) is 0 Å². The van der Waals surface area contributed by atoms with E-state index in [-0.39, 0.29) is 35.1 Å². The van der Waals surface area contributed by atoms with Crippen LogP contribution in [0.2, 0.25) is 0 Å². The van der Waals surface area contributed by atoms with Crippen LogP contribution >= 0.6 is 0 Å². The Labute approximate surface area is 122 Å². The molecule has 0 aromatic heterocycles. The highest BCUT2D eigenvalue weighted by atomic mass is 16.5. The molecule has 6 heteroatoms. The molecule has 0 spiro atoms. The van der Waals surface area contributed by atoms with E-state index in [4.69, 9.17) is 14.9 Å². The second-order valence-corrected chi connectivity index (χ2v) is 5.48. The second kappa shape index (κ2) is 6.11. The molecule has 2 unspecified atom stereocenters. The highest BCUT2D eigenvalue weighted by Crippen LogP contribution is 2.48. The van der Waals surface area contributed by atoms with Gasteiger partial charge in [-0.2, -0.15) is 0 Å². The van der Waals surface area contributed by atoms with Crippen LogP contribution < -0.4 is 0 Å². The minimum Gasteiger partial charge on any atom is -0.478 e. The predicted molar refractivity (Wildman–Crippen MR) is 72.4 cm³/mol. The van der Waals surface area contributed by atoms with Crippen molar-refractivity contribution in [1.29, 1.82) is 0 Å². The molecule has 0 amide bonds. The summed E-state index contributed by atoms with van der Waals surface area (Å²) in [5, 5.41) is 17.7. The van der Waals surface area contributed by atoms with E-state index < -0.39 is 11.9 Å². The predicted octanol–water partition coefficient (Wildman–Crippen LogP) is 1.76. The van der Waals surface area contributed by atoms with Crippen molar-refractivity contribution in [3.05, 3.63) is 23.8 Å². The van der Waals surface area contributed by atoms with Crippen molar-refractivity contribution < 1.29 is 29.3 Å². The fraction of sp³-hybridized carbons (Fsp3) is 0.533. The Morgan fingerprint density at radius 1 is 1.00 bits per heavy atom. The first kappa shape index (κ1) is 15.3. The average molecular weight is 294 g/mol. The van der Waals surface area contributed by atoms with Crippen LogP contribution in [0, 0.1) is 11.8 Å². The van der Waals surface area contributed by atoms with Crippen molar-refractivity contribution in [2.45, 2.75) is 38.2 Å². The molecular formula is C15H18O6. The number of esters is 1. The number of hydrogen-bond donors (Lipinski definition) is 2.